The molecule has 0 spiro atoms. The van der Waals surface area contributed by atoms with Gasteiger partial charge in [0.1, 0.15) is 11.5 Å². The van der Waals surface area contributed by atoms with Crippen LogP contribution in [0, 0.1) is 12.7 Å². The number of benzene rings is 2. The van der Waals surface area contributed by atoms with Crippen molar-refractivity contribution in [3.05, 3.63) is 87.0 Å². The number of carbonyl (C=O) groups excluding carboxylic acids is 2. The topological polar surface area (TPSA) is 49.4 Å². The predicted octanol–water partition coefficient (Wildman–Crippen LogP) is 5.25. The molecule has 2 amide bonds. The smallest absolute Gasteiger partial charge is 0.282 e. The minimum atomic E-state index is -0.483. The largest absolute Gasteiger partial charge is 0.350 e. The second-order valence-electron chi connectivity index (χ2n) is 6.19. The Bertz CT molecular complexity index is 1110. The summed E-state index contributed by atoms with van der Waals surface area (Å²) in [7, 11) is 0. The number of hydrogen-bond donors (Lipinski definition) is 1. The zero-order valence-corrected chi connectivity index (χ0v) is 16.3. The lowest BCUT2D eigenvalue weighted by Crippen LogP contribution is -2.33. The van der Waals surface area contributed by atoms with Gasteiger partial charge >= 0.3 is 0 Å². The number of carbonyl (C=O) groups is 2. The summed E-state index contributed by atoms with van der Waals surface area (Å²) in [6.07, 6.45) is 0. The Morgan fingerprint density at radius 3 is 2.43 bits per heavy atom. The van der Waals surface area contributed by atoms with Crippen molar-refractivity contribution in [3.8, 4) is 0 Å². The Kier molecular flexibility index (Phi) is 4.75. The third-order valence-electron chi connectivity index (χ3n) is 4.45. The number of imide groups is 1. The van der Waals surface area contributed by atoms with E-state index in [0.29, 0.717) is 26.8 Å². The van der Waals surface area contributed by atoms with Gasteiger partial charge in [-0.05, 0) is 60.3 Å². The van der Waals surface area contributed by atoms with Crippen LogP contribution in [-0.2, 0) is 9.59 Å². The van der Waals surface area contributed by atoms with Gasteiger partial charge in [0.05, 0.1) is 11.3 Å². The second-order valence-corrected chi connectivity index (χ2v) is 7.54. The summed E-state index contributed by atoms with van der Waals surface area (Å²) in [5.41, 5.74) is 2.02. The van der Waals surface area contributed by atoms with Gasteiger partial charge in [-0.15, -0.1) is 11.3 Å². The molecule has 140 valence electrons. The van der Waals surface area contributed by atoms with Gasteiger partial charge < -0.3 is 5.32 Å². The molecule has 28 heavy (non-hydrogen) atoms. The van der Waals surface area contributed by atoms with Crippen LogP contribution in [0.5, 0.6) is 0 Å². The molecular formula is C21H14ClFN2O2S. The molecular weight excluding hydrogens is 399 g/mol. The summed E-state index contributed by atoms with van der Waals surface area (Å²) < 4.78 is 13.2. The average Bonchev–Trinajstić information content (AvgIpc) is 3.27. The van der Waals surface area contributed by atoms with E-state index in [1.54, 1.807) is 31.2 Å². The number of hydrogen-bond acceptors (Lipinski definition) is 4. The molecule has 4 nitrogen and oxygen atoms in total. The molecule has 0 saturated carbocycles. The van der Waals surface area contributed by atoms with E-state index in [0.717, 1.165) is 4.90 Å². The van der Waals surface area contributed by atoms with Gasteiger partial charge in [-0.3, -0.25) is 9.59 Å². The maximum atomic E-state index is 13.2. The highest BCUT2D eigenvalue weighted by Gasteiger charge is 2.41. The summed E-state index contributed by atoms with van der Waals surface area (Å²) in [4.78, 5) is 28.3. The molecule has 2 aromatic carbocycles. The van der Waals surface area contributed by atoms with Crippen LogP contribution < -0.4 is 10.2 Å². The number of thiophene rings is 1. The Hall–Kier alpha value is -2.96. The molecule has 0 bridgehead atoms. The van der Waals surface area contributed by atoms with Gasteiger partial charge in [-0.2, -0.15) is 0 Å². The maximum Gasteiger partial charge on any atom is 0.282 e. The molecule has 0 saturated heterocycles. The SMILES string of the molecule is Cc1c(Cl)cccc1N1C(=O)C(Nc2ccc(F)cc2)=C(c2cccs2)C1=O. The molecule has 0 fully saturated rings. The van der Waals surface area contributed by atoms with E-state index in [2.05, 4.69) is 5.32 Å². The first-order valence-electron chi connectivity index (χ1n) is 8.42. The molecule has 0 atom stereocenters. The van der Waals surface area contributed by atoms with Crippen LogP contribution in [-0.4, -0.2) is 11.8 Å². The molecule has 1 aliphatic heterocycles. The standard InChI is InChI=1S/C21H14ClFN2O2S/c1-12-15(22)4-2-5-16(12)25-20(26)18(17-6-3-11-28-17)19(21(25)27)24-14-9-7-13(23)8-10-14/h2-11,24H,1H3. The zero-order valence-electron chi connectivity index (χ0n) is 14.7. The molecule has 0 aliphatic carbocycles. The highest BCUT2D eigenvalue weighted by Crippen LogP contribution is 2.37. The van der Waals surface area contributed by atoms with E-state index >= 15 is 0 Å². The molecule has 0 radical (unpaired) electrons. The number of nitrogens with one attached hydrogen (secondary N) is 1. The molecule has 7 heteroatoms. The number of rotatable bonds is 4. The lowest BCUT2D eigenvalue weighted by molar-refractivity contribution is -0.120. The van der Waals surface area contributed by atoms with Crippen LogP contribution in [0.3, 0.4) is 0 Å². The third kappa shape index (κ3) is 3.10. The van der Waals surface area contributed by atoms with E-state index < -0.39 is 11.8 Å². The summed E-state index contributed by atoms with van der Waals surface area (Å²) in [6.45, 7) is 1.76. The van der Waals surface area contributed by atoms with Crippen LogP contribution in [0.4, 0.5) is 15.8 Å². The molecule has 0 unspecified atom stereocenters. The Morgan fingerprint density at radius 2 is 1.75 bits per heavy atom. The minimum absolute atomic E-state index is 0.151. The van der Waals surface area contributed by atoms with Gasteiger partial charge in [0.2, 0.25) is 0 Å². The summed E-state index contributed by atoms with van der Waals surface area (Å²) in [6, 6.07) is 14.3. The van der Waals surface area contributed by atoms with Crippen molar-refractivity contribution in [2.45, 2.75) is 6.92 Å². The number of anilines is 2. The van der Waals surface area contributed by atoms with Crippen LogP contribution in [0.25, 0.3) is 5.57 Å². The van der Waals surface area contributed by atoms with Crippen molar-refractivity contribution in [2.24, 2.45) is 0 Å². The van der Waals surface area contributed by atoms with E-state index in [1.165, 1.54) is 35.6 Å². The van der Waals surface area contributed by atoms with E-state index in [-0.39, 0.29) is 17.1 Å². The van der Waals surface area contributed by atoms with Gasteiger partial charge in [0.25, 0.3) is 11.8 Å². The first kappa shape index (κ1) is 18.4. The van der Waals surface area contributed by atoms with E-state index in [9.17, 15) is 14.0 Å². The predicted molar refractivity (Wildman–Crippen MR) is 110 cm³/mol. The van der Waals surface area contributed by atoms with Gasteiger partial charge in [-0.25, -0.2) is 9.29 Å². The highest BCUT2D eigenvalue weighted by atomic mass is 35.5. The van der Waals surface area contributed by atoms with Crippen molar-refractivity contribution in [1.82, 2.24) is 0 Å². The van der Waals surface area contributed by atoms with Crippen molar-refractivity contribution in [3.63, 3.8) is 0 Å². The first-order valence-corrected chi connectivity index (χ1v) is 9.68. The van der Waals surface area contributed by atoms with Crippen LogP contribution in [0.1, 0.15) is 10.4 Å². The Labute approximate surface area is 169 Å². The average molecular weight is 413 g/mol. The lowest BCUT2D eigenvalue weighted by Gasteiger charge is -2.18. The zero-order chi connectivity index (χ0) is 19.8. The summed E-state index contributed by atoms with van der Waals surface area (Å²) >= 11 is 7.56. The fraction of sp³-hybridized carbons (Fsp3) is 0.0476. The van der Waals surface area contributed by atoms with Crippen LogP contribution >= 0.6 is 22.9 Å². The molecule has 2 heterocycles. The third-order valence-corrected chi connectivity index (χ3v) is 5.74. The number of amides is 2. The van der Waals surface area contributed by atoms with Crippen molar-refractivity contribution in [2.75, 3.05) is 10.2 Å². The van der Waals surface area contributed by atoms with Crippen LogP contribution in [0.2, 0.25) is 5.02 Å². The normalized spacial score (nSPS) is 14.2. The molecule has 1 aliphatic rings. The van der Waals surface area contributed by atoms with Crippen molar-refractivity contribution in [1.29, 1.82) is 0 Å². The van der Waals surface area contributed by atoms with E-state index in [4.69, 9.17) is 11.6 Å². The molecule has 1 aromatic heterocycles. The fourth-order valence-corrected chi connectivity index (χ4v) is 3.97. The summed E-state index contributed by atoms with van der Waals surface area (Å²) in [5, 5.41) is 5.30. The Morgan fingerprint density at radius 1 is 1.00 bits per heavy atom. The van der Waals surface area contributed by atoms with E-state index in [1.807, 2.05) is 11.4 Å². The second kappa shape index (κ2) is 7.22. The molecule has 3 aromatic rings. The summed E-state index contributed by atoms with van der Waals surface area (Å²) in [5.74, 6) is -1.30. The number of halogens is 2. The van der Waals surface area contributed by atoms with Crippen LogP contribution in [0.15, 0.2) is 65.7 Å². The minimum Gasteiger partial charge on any atom is -0.350 e. The Balaban J connectivity index is 1.82. The van der Waals surface area contributed by atoms with Crippen molar-refractivity contribution >= 4 is 51.7 Å². The molecule has 1 N–H and O–H groups in total. The number of nitrogens with zero attached hydrogens (tertiary/aromatic N) is 1. The lowest BCUT2D eigenvalue weighted by atomic mass is 10.1. The monoisotopic (exact) mass is 412 g/mol. The first-order chi connectivity index (χ1) is 13.5. The maximum absolute atomic E-state index is 13.2. The van der Waals surface area contributed by atoms with Gasteiger partial charge in [0.15, 0.2) is 0 Å². The van der Waals surface area contributed by atoms with Gasteiger partial charge in [0, 0.05) is 15.6 Å². The fourth-order valence-electron chi connectivity index (χ4n) is 3.03. The van der Waals surface area contributed by atoms with Crippen molar-refractivity contribution < 1.29 is 14.0 Å². The van der Waals surface area contributed by atoms with Gasteiger partial charge in [-0.1, -0.05) is 23.7 Å². The quantitative estimate of drug-likeness (QED) is 0.596. The highest BCUT2D eigenvalue weighted by molar-refractivity contribution is 7.11. The molecule has 4 rings (SSSR count).